The van der Waals surface area contributed by atoms with Crippen LogP contribution in [0.2, 0.25) is 0 Å². The molecule has 1 heterocycles. The average molecular weight is 241 g/mol. The van der Waals surface area contributed by atoms with Gasteiger partial charge in [-0.1, -0.05) is 31.9 Å². The van der Waals surface area contributed by atoms with E-state index in [0.717, 1.165) is 23.5 Å². The van der Waals surface area contributed by atoms with Crippen molar-refractivity contribution < 1.29 is 0 Å². The molecule has 1 aromatic heterocycles. The lowest BCUT2D eigenvalue weighted by Gasteiger charge is -2.19. The fourth-order valence-corrected chi connectivity index (χ4v) is 2.55. The van der Waals surface area contributed by atoms with Gasteiger partial charge in [0.25, 0.3) is 0 Å². The minimum Gasteiger partial charge on any atom is -0.310 e. The SMILES string of the molecule is CCNC(CC1CC1)c1cccc2nccnc12. The quantitative estimate of drug-likeness (QED) is 0.874. The van der Waals surface area contributed by atoms with Crippen LogP contribution in [0.5, 0.6) is 0 Å². The highest BCUT2D eigenvalue weighted by atomic mass is 14.9. The monoisotopic (exact) mass is 241 g/mol. The maximum atomic E-state index is 4.51. The summed E-state index contributed by atoms with van der Waals surface area (Å²) in [6.45, 7) is 3.16. The normalized spacial score (nSPS) is 16.9. The van der Waals surface area contributed by atoms with Crippen molar-refractivity contribution in [1.29, 1.82) is 0 Å². The zero-order valence-corrected chi connectivity index (χ0v) is 10.8. The Morgan fingerprint density at radius 1 is 1.28 bits per heavy atom. The van der Waals surface area contributed by atoms with Crippen molar-refractivity contribution in [2.45, 2.75) is 32.2 Å². The topological polar surface area (TPSA) is 37.8 Å². The fourth-order valence-electron chi connectivity index (χ4n) is 2.55. The first-order chi connectivity index (χ1) is 8.88. The van der Waals surface area contributed by atoms with Gasteiger partial charge in [-0.2, -0.15) is 0 Å². The van der Waals surface area contributed by atoms with E-state index < -0.39 is 0 Å². The zero-order valence-electron chi connectivity index (χ0n) is 10.8. The Labute approximate surface area is 108 Å². The third kappa shape index (κ3) is 2.36. The van der Waals surface area contributed by atoms with Crippen LogP contribution in [0.25, 0.3) is 11.0 Å². The van der Waals surface area contributed by atoms with Crippen LogP contribution >= 0.6 is 0 Å². The highest BCUT2D eigenvalue weighted by Gasteiger charge is 2.26. The van der Waals surface area contributed by atoms with E-state index in [1.165, 1.54) is 24.8 Å². The lowest BCUT2D eigenvalue weighted by molar-refractivity contribution is 0.489. The third-order valence-corrected chi connectivity index (χ3v) is 3.62. The van der Waals surface area contributed by atoms with Gasteiger partial charge in [-0.25, -0.2) is 0 Å². The van der Waals surface area contributed by atoms with Crippen LogP contribution in [-0.2, 0) is 0 Å². The number of fused-ring (bicyclic) bond motifs is 1. The Morgan fingerprint density at radius 3 is 2.89 bits per heavy atom. The van der Waals surface area contributed by atoms with Crippen molar-refractivity contribution in [3.63, 3.8) is 0 Å². The van der Waals surface area contributed by atoms with Gasteiger partial charge in [0.2, 0.25) is 0 Å². The largest absolute Gasteiger partial charge is 0.310 e. The molecule has 3 nitrogen and oxygen atoms in total. The van der Waals surface area contributed by atoms with E-state index in [-0.39, 0.29) is 0 Å². The second-order valence-electron chi connectivity index (χ2n) is 5.06. The molecule has 2 aromatic rings. The van der Waals surface area contributed by atoms with E-state index in [4.69, 9.17) is 0 Å². The van der Waals surface area contributed by atoms with Crippen LogP contribution in [-0.4, -0.2) is 16.5 Å². The maximum absolute atomic E-state index is 4.51. The average Bonchev–Trinajstić information content (AvgIpc) is 3.22. The predicted octanol–water partition coefficient (Wildman–Crippen LogP) is 3.08. The summed E-state index contributed by atoms with van der Waals surface area (Å²) in [6.07, 6.45) is 7.54. The first-order valence-electron chi connectivity index (χ1n) is 6.81. The molecule has 3 heteroatoms. The summed E-state index contributed by atoms with van der Waals surface area (Å²) in [5, 5.41) is 3.59. The van der Waals surface area contributed by atoms with Gasteiger partial charge in [0.15, 0.2) is 0 Å². The van der Waals surface area contributed by atoms with Gasteiger partial charge in [-0.05, 0) is 30.5 Å². The molecule has 0 amide bonds. The molecule has 94 valence electrons. The van der Waals surface area contributed by atoms with Crippen molar-refractivity contribution in [2.24, 2.45) is 5.92 Å². The van der Waals surface area contributed by atoms with Crippen LogP contribution in [0.4, 0.5) is 0 Å². The number of benzene rings is 1. The number of nitrogens with zero attached hydrogens (tertiary/aromatic N) is 2. The molecular weight excluding hydrogens is 222 g/mol. The molecule has 0 saturated heterocycles. The van der Waals surface area contributed by atoms with E-state index in [2.05, 4.69) is 34.3 Å². The summed E-state index contributed by atoms with van der Waals surface area (Å²) in [5.74, 6) is 0.904. The lowest BCUT2D eigenvalue weighted by Crippen LogP contribution is -2.21. The van der Waals surface area contributed by atoms with Crippen LogP contribution in [0.3, 0.4) is 0 Å². The molecule has 18 heavy (non-hydrogen) atoms. The van der Waals surface area contributed by atoms with E-state index in [1.54, 1.807) is 12.4 Å². The molecule has 1 aromatic carbocycles. The van der Waals surface area contributed by atoms with E-state index in [1.807, 2.05) is 6.07 Å². The first kappa shape index (κ1) is 11.6. The minimum absolute atomic E-state index is 0.419. The molecule has 0 bridgehead atoms. The van der Waals surface area contributed by atoms with Crippen LogP contribution in [0, 0.1) is 5.92 Å². The van der Waals surface area contributed by atoms with Gasteiger partial charge in [0, 0.05) is 18.4 Å². The number of nitrogens with one attached hydrogen (secondary N) is 1. The maximum Gasteiger partial charge on any atom is 0.0934 e. The van der Waals surface area contributed by atoms with E-state index in [0.29, 0.717) is 6.04 Å². The number of rotatable bonds is 5. The zero-order chi connectivity index (χ0) is 12.4. The Kier molecular flexibility index (Phi) is 3.24. The third-order valence-electron chi connectivity index (χ3n) is 3.62. The Hall–Kier alpha value is -1.48. The Morgan fingerprint density at radius 2 is 2.11 bits per heavy atom. The van der Waals surface area contributed by atoms with Crippen molar-refractivity contribution in [1.82, 2.24) is 15.3 Å². The molecule has 1 N–H and O–H groups in total. The molecule has 1 unspecified atom stereocenters. The van der Waals surface area contributed by atoms with Crippen molar-refractivity contribution >= 4 is 11.0 Å². The first-order valence-corrected chi connectivity index (χ1v) is 6.81. The van der Waals surface area contributed by atoms with Crippen LogP contribution in [0.1, 0.15) is 37.8 Å². The number of hydrogen-bond acceptors (Lipinski definition) is 3. The highest BCUT2D eigenvalue weighted by molar-refractivity contribution is 5.78. The lowest BCUT2D eigenvalue weighted by atomic mass is 9.99. The second-order valence-corrected chi connectivity index (χ2v) is 5.06. The smallest absolute Gasteiger partial charge is 0.0934 e. The van der Waals surface area contributed by atoms with E-state index >= 15 is 0 Å². The summed E-state index contributed by atoms with van der Waals surface area (Å²) in [5.41, 5.74) is 3.34. The second kappa shape index (κ2) is 5.02. The number of para-hydroxylation sites is 1. The summed E-state index contributed by atoms with van der Waals surface area (Å²) >= 11 is 0. The predicted molar refractivity (Wildman–Crippen MR) is 73.3 cm³/mol. The van der Waals surface area contributed by atoms with Gasteiger partial charge < -0.3 is 5.32 Å². The summed E-state index contributed by atoms with van der Waals surface area (Å²) < 4.78 is 0. The van der Waals surface area contributed by atoms with Gasteiger partial charge in [0.05, 0.1) is 11.0 Å². The molecule has 3 rings (SSSR count). The van der Waals surface area contributed by atoms with Crippen molar-refractivity contribution in [3.8, 4) is 0 Å². The van der Waals surface area contributed by atoms with Gasteiger partial charge in [0.1, 0.15) is 0 Å². The standard InChI is InChI=1S/C15H19N3/c1-2-16-14(10-11-6-7-11)12-4-3-5-13-15(12)18-9-8-17-13/h3-5,8-9,11,14,16H,2,6-7,10H2,1H3. The van der Waals surface area contributed by atoms with E-state index in [9.17, 15) is 0 Å². The number of hydrogen-bond donors (Lipinski definition) is 1. The van der Waals surface area contributed by atoms with Crippen molar-refractivity contribution in [3.05, 3.63) is 36.2 Å². The fraction of sp³-hybridized carbons (Fsp3) is 0.467. The molecule has 1 aliphatic rings. The molecule has 0 spiro atoms. The Bertz CT molecular complexity index is 529. The molecule has 1 saturated carbocycles. The van der Waals surface area contributed by atoms with Crippen LogP contribution < -0.4 is 5.32 Å². The summed E-state index contributed by atoms with van der Waals surface area (Å²) in [4.78, 5) is 8.90. The molecule has 0 aliphatic heterocycles. The van der Waals surface area contributed by atoms with Crippen molar-refractivity contribution in [2.75, 3.05) is 6.54 Å². The number of aromatic nitrogens is 2. The van der Waals surface area contributed by atoms with Gasteiger partial charge >= 0.3 is 0 Å². The van der Waals surface area contributed by atoms with Crippen LogP contribution in [0.15, 0.2) is 30.6 Å². The van der Waals surface area contributed by atoms with Gasteiger partial charge in [-0.15, -0.1) is 0 Å². The molecular formula is C15H19N3. The molecule has 0 radical (unpaired) electrons. The summed E-state index contributed by atoms with van der Waals surface area (Å²) in [6, 6.07) is 6.73. The highest BCUT2D eigenvalue weighted by Crippen LogP contribution is 2.38. The molecule has 1 atom stereocenters. The molecule has 1 aliphatic carbocycles. The molecule has 1 fully saturated rings. The van der Waals surface area contributed by atoms with Gasteiger partial charge in [-0.3, -0.25) is 9.97 Å². The minimum atomic E-state index is 0.419. The Balaban J connectivity index is 1.98. The summed E-state index contributed by atoms with van der Waals surface area (Å²) in [7, 11) is 0.